The van der Waals surface area contributed by atoms with Gasteiger partial charge in [-0.05, 0) is 57.3 Å². The van der Waals surface area contributed by atoms with Crippen LogP contribution in [0.25, 0.3) is 5.57 Å². The number of rotatable bonds is 6. The van der Waals surface area contributed by atoms with E-state index in [-0.39, 0.29) is 0 Å². The molecule has 0 N–H and O–H groups in total. The van der Waals surface area contributed by atoms with E-state index in [0.717, 1.165) is 16.7 Å². The molecule has 7 heteroatoms. The number of allylic oxidation sites excluding steroid dienone is 2. The standard InChI is InChI=1S/C19H28BO5P/c1-15(14-26(21,22-6)23-7)17(16-11-9-8-10-12-16)13-20-24-18(2,3)19(4,5)25-20/h8-14H,1-7H3/b15-14+,17-13+. The molecule has 0 amide bonds. The van der Waals surface area contributed by atoms with E-state index in [1.807, 2.05) is 70.9 Å². The molecule has 0 saturated carbocycles. The van der Waals surface area contributed by atoms with Gasteiger partial charge in [-0.3, -0.25) is 4.57 Å². The van der Waals surface area contributed by atoms with Gasteiger partial charge < -0.3 is 18.4 Å². The molecule has 2 rings (SSSR count). The minimum Gasteiger partial charge on any atom is -0.400 e. The van der Waals surface area contributed by atoms with Crippen molar-refractivity contribution in [3.05, 3.63) is 53.3 Å². The van der Waals surface area contributed by atoms with Crippen LogP contribution in [0.1, 0.15) is 40.2 Å². The predicted molar refractivity (Wildman–Crippen MR) is 106 cm³/mol. The van der Waals surface area contributed by atoms with Crippen molar-refractivity contribution in [2.45, 2.75) is 45.8 Å². The molecule has 0 aliphatic carbocycles. The summed E-state index contributed by atoms with van der Waals surface area (Å²) in [4.78, 5) is 0. The van der Waals surface area contributed by atoms with Crippen LogP contribution in [0.2, 0.25) is 0 Å². The lowest BCUT2D eigenvalue weighted by atomic mass is 9.83. The van der Waals surface area contributed by atoms with Crippen molar-refractivity contribution in [2.75, 3.05) is 14.2 Å². The van der Waals surface area contributed by atoms with Gasteiger partial charge in [-0.1, -0.05) is 30.3 Å². The van der Waals surface area contributed by atoms with Gasteiger partial charge in [0.25, 0.3) is 0 Å². The highest BCUT2D eigenvalue weighted by Gasteiger charge is 2.50. The van der Waals surface area contributed by atoms with E-state index in [2.05, 4.69) is 0 Å². The second kappa shape index (κ2) is 7.83. The van der Waals surface area contributed by atoms with Crippen LogP contribution < -0.4 is 0 Å². The summed E-state index contributed by atoms with van der Waals surface area (Å²) in [5.41, 5.74) is 1.73. The van der Waals surface area contributed by atoms with Gasteiger partial charge in [0, 0.05) is 20.0 Å². The summed E-state index contributed by atoms with van der Waals surface area (Å²) in [6, 6.07) is 9.82. The maximum atomic E-state index is 12.5. The number of hydrogen-bond acceptors (Lipinski definition) is 5. The summed E-state index contributed by atoms with van der Waals surface area (Å²) in [6.07, 6.45) is 0. The van der Waals surface area contributed by atoms with Crippen molar-refractivity contribution in [2.24, 2.45) is 0 Å². The van der Waals surface area contributed by atoms with E-state index in [1.165, 1.54) is 20.0 Å². The maximum Gasteiger partial charge on any atom is 0.487 e. The van der Waals surface area contributed by atoms with Gasteiger partial charge in [0.2, 0.25) is 0 Å². The monoisotopic (exact) mass is 378 g/mol. The van der Waals surface area contributed by atoms with Crippen molar-refractivity contribution in [1.29, 1.82) is 0 Å². The fourth-order valence-corrected chi connectivity index (χ4v) is 3.63. The maximum absolute atomic E-state index is 12.5. The summed E-state index contributed by atoms with van der Waals surface area (Å²) < 4.78 is 34.8. The third kappa shape index (κ3) is 4.57. The Hall–Kier alpha value is -1.17. The Kier molecular flexibility index (Phi) is 6.37. The van der Waals surface area contributed by atoms with E-state index in [0.29, 0.717) is 0 Å². The fraction of sp³-hybridized carbons (Fsp3) is 0.474. The van der Waals surface area contributed by atoms with Gasteiger partial charge in [-0.2, -0.15) is 0 Å². The van der Waals surface area contributed by atoms with Crippen LogP contribution in [-0.2, 0) is 22.9 Å². The van der Waals surface area contributed by atoms with E-state index in [9.17, 15) is 4.57 Å². The predicted octanol–water partition coefficient (Wildman–Crippen LogP) is 5.09. The van der Waals surface area contributed by atoms with E-state index < -0.39 is 25.9 Å². The van der Waals surface area contributed by atoms with Gasteiger partial charge in [0.05, 0.1) is 11.2 Å². The van der Waals surface area contributed by atoms with Crippen LogP contribution >= 0.6 is 7.60 Å². The third-order valence-corrected chi connectivity index (χ3v) is 6.67. The first-order valence-corrected chi connectivity index (χ1v) is 10.2. The Labute approximate surface area is 157 Å². The Balaban J connectivity index is 2.47. The lowest BCUT2D eigenvalue weighted by molar-refractivity contribution is 0.00578. The Bertz CT molecular complexity index is 716. The average Bonchev–Trinajstić information content (AvgIpc) is 2.80. The molecule has 1 aromatic rings. The zero-order chi connectivity index (χ0) is 19.6. The van der Waals surface area contributed by atoms with Crippen molar-refractivity contribution in [3.63, 3.8) is 0 Å². The zero-order valence-corrected chi connectivity index (χ0v) is 17.5. The molecule has 0 aromatic heterocycles. The second-order valence-corrected chi connectivity index (χ2v) is 9.36. The highest BCUT2D eigenvalue weighted by Crippen LogP contribution is 2.50. The first kappa shape index (κ1) is 21.1. The van der Waals surface area contributed by atoms with Gasteiger partial charge in [0.1, 0.15) is 0 Å². The molecule has 0 bridgehead atoms. The summed E-state index contributed by atoms with van der Waals surface area (Å²) in [5, 5.41) is 0. The minimum atomic E-state index is -3.29. The summed E-state index contributed by atoms with van der Waals surface area (Å²) in [7, 11) is -1.06. The summed E-state index contributed by atoms with van der Waals surface area (Å²) in [6.45, 7) is 9.91. The van der Waals surface area contributed by atoms with Crippen molar-refractivity contribution in [1.82, 2.24) is 0 Å². The van der Waals surface area contributed by atoms with E-state index in [4.69, 9.17) is 18.4 Å². The molecule has 1 aromatic carbocycles. The van der Waals surface area contributed by atoms with Crippen LogP contribution in [0.15, 0.2) is 47.7 Å². The second-order valence-electron chi connectivity index (χ2n) is 7.29. The summed E-state index contributed by atoms with van der Waals surface area (Å²) >= 11 is 0. The molecule has 26 heavy (non-hydrogen) atoms. The molecule has 1 aliphatic heterocycles. The molecule has 1 fully saturated rings. The quantitative estimate of drug-likeness (QED) is 0.392. The van der Waals surface area contributed by atoms with Crippen LogP contribution in [-0.4, -0.2) is 32.5 Å². The molecular weight excluding hydrogens is 350 g/mol. The molecule has 0 spiro atoms. The molecular formula is C19H28BO5P. The Morgan fingerprint density at radius 2 is 1.54 bits per heavy atom. The van der Waals surface area contributed by atoms with Gasteiger partial charge in [-0.15, -0.1) is 0 Å². The minimum absolute atomic E-state index is 0.429. The van der Waals surface area contributed by atoms with E-state index >= 15 is 0 Å². The number of hydrogen-bond donors (Lipinski definition) is 0. The highest BCUT2D eigenvalue weighted by atomic mass is 31.2. The van der Waals surface area contributed by atoms with Crippen LogP contribution in [0.5, 0.6) is 0 Å². The zero-order valence-electron chi connectivity index (χ0n) is 16.6. The van der Waals surface area contributed by atoms with Crippen LogP contribution in [0.3, 0.4) is 0 Å². The third-order valence-electron chi connectivity index (χ3n) is 4.94. The van der Waals surface area contributed by atoms with Crippen molar-refractivity contribution >= 4 is 20.3 Å². The lowest BCUT2D eigenvalue weighted by Crippen LogP contribution is -2.41. The topological polar surface area (TPSA) is 54.0 Å². The Morgan fingerprint density at radius 3 is 2.00 bits per heavy atom. The molecule has 0 atom stereocenters. The molecule has 1 saturated heterocycles. The Morgan fingerprint density at radius 1 is 1.04 bits per heavy atom. The normalized spacial score (nSPS) is 20.5. The number of benzene rings is 1. The summed E-state index contributed by atoms with van der Waals surface area (Å²) in [5.74, 6) is 3.43. The molecule has 5 nitrogen and oxygen atoms in total. The van der Waals surface area contributed by atoms with Crippen molar-refractivity contribution < 1.29 is 22.9 Å². The SMILES string of the molecule is COP(=O)(/C=C(C)/C(=C\B1OC(C)(C)C(C)(C)O1)c1ccccc1)OC. The van der Waals surface area contributed by atoms with Gasteiger partial charge >= 0.3 is 14.7 Å². The fourth-order valence-electron chi connectivity index (χ4n) is 2.65. The van der Waals surface area contributed by atoms with Gasteiger partial charge in [0.15, 0.2) is 0 Å². The molecule has 142 valence electrons. The molecule has 1 aliphatic rings. The first-order valence-electron chi connectivity index (χ1n) is 8.57. The molecule has 0 radical (unpaired) electrons. The van der Waals surface area contributed by atoms with Crippen LogP contribution in [0, 0.1) is 0 Å². The highest BCUT2D eigenvalue weighted by molar-refractivity contribution is 7.57. The van der Waals surface area contributed by atoms with Gasteiger partial charge in [-0.25, -0.2) is 0 Å². The lowest BCUT2D eigenvalue weighted by Gasteiger charge is -2.32. The molecule has 0 unspecified atom stereocenters. The largest absolute Gasteiger partial charge is 0.487 e. The average molecular weight is 378 g/mol. The molecule has 1 heterocycles. The smallest absolute Gasteiger partial charge is 0.400 e. The first-order chi connectivity index (χ1) is 12.0. The van der Waals surface area contributed by atoms with E-state index in [1.54, 1.807) is 0 Å². The van der Waals surface area contributed by atoms with Crippen molar-refractivity contribution in [3.8, 4) is 0 Å². The van der Waals surface area contributed by atoms with Crippen LogP contribution in [0.4, 0.5) is 0 Å².